The molecule has 6 nitrogen and oxygen atoms in total. The minimum absolute atomic E-state index is 0.186. The van der Waals surface area contributed by atoms with E-state index in [-0.39, 0.29) is 5.56 Å². The Hall–Kier alpha value is -3.41. The smallest absolute Gasteiger partial charge is 0.259 e. The zero-order chi connectivity index (χ0) is 16.5. The third-order valence-electron chi connectivity index (χ3n) is 3.78. The summed E-state index contributed by atoms with van der Waals surface area (Å²) in [5.41, 5.74) is 2.52. The zero-order valence-electron chi connectivity index (χ0n) is 13.0. The standard InChI is InChI=1S/C18H15N5O/c1-11-9-15(23-22-11)21-17-16-13(7-8-19-18(16)24)10-14(20-17)12-5-3-2-4-6-12/h2-10H,1H3,(H,19,24)(H2,20,21,22,23). The highest BCUT2D eigenvalue weighted by atomic mass is 16.1. The maximum atomic E-state index is 12.3. The third kappa shape index (κ3) is 2.54. The van der Waals surface area contributed by atoms with Gasteiger partial charge in [0.1, 0.15) is 5.82 Å². The predicted molar refractivity (Wildman–Crippen MR) is 94.4 cm³/mol. The van der Waals surface area contributed by atoms with Gasteiger partial charge in [-0.3, -0.25) is 9.89 Å². The van der Waals surface area contributed by atoms with Crippen LogP contribution < -0.4 is 10.9 Å². The number of pyridine rings is 2. The molecule has 6 heteroatoms. The Kier molecular flexibility index (Phi) is 3.35. The second-order valence-corrected chi connectivity index (χ2v) is 5.55. The first-order valence-corrected chi connectivity index (χ1v) is 7.57. The van der Waals surface area contributed by atoms with E-state index in [1.165, 1.54) is 0 Å². The highest BCUT2D eigenvalue weighted by Gasteiger charge is 2.12. The number of aromatic amines is 2. The molecule has 3 heterocycles. The SMILES string of the molecule is Cc1cc(Nc2nc(-c3ccccc3)cc3cc[nH]c(=O)c23)n[nH]1. The zero-order valence-corrected chi connectivity index (χ0v) is 13.0. The van der Waals surface area contributed by atoms with Crippen molar-refractivity contribution in [2.75, 3.05) is 5.32 Å². The third-order valence-corrected chi connectivity index (χ3v) is 3.78. The van der Waals surface area contributed by atoms with Gasteiger partial charge in [0.25, 0.3) is 5.56 Å². The molecule has 0 amide bonds. The van der Waals surface area contributed by atoms with Crippen LogP contribution in [0.25, 0.3) is 22.0 Å². The molecule has 4 aromatic rings. The van der Waals surface area contributed by atoms with E-state index < -0.39 is 0 Å². The van der Waals surface area contributed by atoms with Gasteiger partial charge in [-0.2, -0.15) is 5.10 Å². The average Bonchev–Trinajstić information content (AvgIpc) is 3.00. The number of nitrogens with one attached hydrogen (secondary N) is 3. The molecule has 0 unspecified atom stereocenters. The topological polar surface area (TPSA) is 86.5 Å². The molecule has 0 bridgehead atoms. The van der Waals surface area contributed by atoms with Crippen LogP contribution in [0.5, 0.6) is 0 Å². The molecule has 0 radical (unpaired) electrons. The number of nitrogens with zero attached hydrogens (tertiary/aromatic N) is 2. The van der Waals surface area contributed by atoms with Crippen LogP contribution in [0.15, 0.2) is 59.5 Å². The van der Waals surface area contributed by atoms with E-state index in [2.05, 4.69) is 25.5 Å². The summed E-state index contributed by atoms with van der Waals surface area (Å²) in [7, 11) is 0. The second kappa shape index (κ2) is 5.66. The van der Waals surface area contributed by atoms with E-state index in [0.717, 1.165) is 22.3 Å². The first kappa shape index (κ1) is 14.2. The number of H-pyrrole nitrogens is 2. The highest BCUT2D eigenvalue weighted by molar-refractivity contribution is 5.94. The minimum Gasteiger partial charge on any atom is -0.328 e. The van der Waals surface area contributed by atoms with Crippen LogP contribution in [0.1, 0.15) is 5.69 Å². The molecule has 0 spiro atoms. The van der Waals surface area contributed by atoms with Crippen molar-refractivity contribution >= 4 is 22.4 Å². The summed E-state index contributed by atoms with van der Waals surface area (Å²) < 4.78 is 0. The Labute approximate surface area is 137 Å². The van der Waals surface area contributed by atoms with Gasteiger partial charge >= 0.3 is 0 Å². The lowest BCUT2D eigenvalue weighted by Crippen LogP contribution is -2.09. The molecule has 118 valence electrons. The van der Waals surface area contributed by atoms with Crippen molar-refractivity contribution in [1.29, 1.82) is 0 Å². The van der Waals surface area contributed by atoms with Gasteiger partial charge < -0.3 is 10.3 Å². The number of benzene rings is 1. The van der Waals surface area contributed by atoms with Crippen molar-refractivity contribution < 1.29 is 0 Å². The number of fused-ring (bicyclic) bond motifs is 1. The van der Waals surface area contributed by atoms with Crippen LogP contribution in [0.3, 0.4) is 0 Å². The van der Waals surface area contributed by atoms with Crippen LogP contribution >= 0.6 is 0 Å². The van der Waals surface area contributed by atoms with E-state index >= 15 is 0 Å². The summed E-state index contributed by atoms with van der Waals surface area (Å²) in [6.07, 6.45) is 1.64. The maximum Gasteiger partial charge on any atom is 0.259 e. The first-order valence-electron chi connectivity index (χ1n) is 7.57. The van der Waals surface area contributed by atoms with Gasteiger partial charge in [-0.25, -0.2) is 4.98 Å². The summed E-state index contributed by atoms with van der Waals surface area (Å²) in [6.45, 7) is 1.91. The van der Waals surface area contributed by atoms with E-state index in [0.29, 0.717) is 17.0 Å². The number of rotatable bonds is 3. The van der Waals surface area contributed by atoms with Crippen LogP contribution in [-0.2, 0) is 0 Å². The molecule has 1 aromatic carbocycles. The number of anilines is 2. The van der Waals surface area contributed by atoms with Gasteiger partial charge in [-0.15, -0.1) is 0 Å². The lowest BCUT2D eigenvalue weighted by molar-refractivity contribution is 1.05. The van der Waals surface area contributed by atoms with E-state index in [1.807, 2.05) is 55.5 Å². The fourth-order valence-corrected chi connectivity index (χ4v) is 2.66. The van der Waals surface area contributed by atoms with E-state index in [9.17, 15) is 4.79 Å². The van der Waals surface area contributed by atoms with Gasteiger partial charge in [0, 0.05) is 23.5 Å². The molecule has 0 aliphatic carbocycles. The van der Waals surface area contributed by atoms with E-state index in [4.69, 9.17) is 0 Å². The maximum absolute atomic E-state index is 12.3. The summed E-state index contributed by atoms with van der Waals surface area (Å²) >= 11 is 0. The van der Waals surface area contributed by atoms with Crippen LogP contribution in [0, 0.1) is 6.92 Å². The van der Waals surface area contributed by atoms with Crippen molar-refractivity contribution in [3.63, 3.8) is 0 Å². The Morgan fingerprint density at radius 3 is 2.67 bits per heavy atom. The fourth-order valence-electron chi connectivity index (χ4n) is 2.66. The molecular formula is C18H15N5O. The van der Waals surface area contributed by atoms with Crippen molar-refractivity contribution in [2.45, 2.75) is 6.92 Å². The Morgan fingerprint density at radius 1 is 1.08 bits per heavy atom. The van der Waals surface area contributed by atoms with Crippen LogP contribution in [0.4, 0.5) is 11.6 Å². The molecule has 24 heavy (non-hydrogen) atoms. The summed E-state index contributed by atoms with van der Waals surface area (Å²) in [4.78, 5) is 19.6. The minimum atomic E-state index is -0.186. The van der Waals surface area contributed by atoms with Crippen molar-refractivity contribution in [2.24, 2.45) is 0 Å². The van der Waals surface area contributed by atoms with Gasteiger partial charge in [0.05, 0.1) is 11.1 Å². The molecule has 3 N–H and O–H groups in total. The molecule has 0 saturated carbocycles. The van der Waals surface area contributed by atoms with Crippen molar-refractivity contribution in [3.05, 3.63) is 70.8 Å². The number of hydrogen-bond acceptors (Lipinski definition) is 4. The monoisotopic (exact) mass is 317 g/mol. The predicted octanol–water partition coefficient (Wildman–Crippen LogP) is 3.37. The van der Waals surface area contributed by atoms with Crippen LogP contribution in [-0.4, -0.2) is 20.2 Å². The number of aromatic nitrogens is 4. The Morgan fingerprint density at radius 2 is 1.92 bits per heavy atom. The molecule has 0 fully saturated rings. The quantitative estimate of drug-likeness (QED) is 0.541. The summed E-state index contributed by atoms with van der Waals surface area (Å²) in [5.74, 6) is 1.11. The Balaban J connectivity index is 1.93. The summed E-state index contributed by atoms with van der Waals surface area (Å²) in [6, 6.07) is 15.5. The molecule has 4 rings (SSSR count). The summed E-state index contributed by atoms with van der Waals surface area (Å²) in [5, 5.41) is 11.5. The fraction of sp³-hybridized carbons (Fsp3) is 0.0556. The molecule has 3 aromatic heterocycles. The van der Waals surface area contributed by atoms with Crippen molar-refractivity contribution in [3.8, 4) is 11.3 Å². The lowest BCUT2D eigenvalue weighted by Gasteiger charge is -2.09. The van der Waals surface area contributed by atoms with Gasteiger partial charge in [0.15, 0.2) is 5.82 Å². The highest BCUT2D eigenvalue weighted by Crippen LogP contribution is 2.27. The largest absolute Gasteiger partial charge is 0.328 e. The normalized spacial score (nSPS) is 10.9. The first-order chi connectivity index (χ1) is 11.7. The number of hydrogen-bond donors (Lipinski definition) is 3. The molecule has 0 atom stereocenters. The van der Waals surface area contributed by atoms with E-state index in [1.54, 1.807) is 6.20 Å². The van der Waals surface area contributed by atoms with Crippen LogP contribution in [0.2, 0.25) is 0 Å². The van der Waals surface area contributed by atoms with Crippen molar-refractivity contribution in [1.82, 2.24) is 20.2 Å². The van der Waals surface area contributed by atoms with Gasteiger partial charge in [0.2, 0.25) is 0 Å². The molecule has 0 aliphatic heterocycles. The molecule has 0 saturated heterocycles. The second-order valence-electron chi connectivity index (χ2n) is 5.55. The van der Waals surface area contributed by atoms with Gasteiger partial charge in [-0.1, -0.05) is 30.3 Å². The average molecular weight is 317 g/mol. The molecule has 0 aliphatic rings. The lowest BCUT2D eigenvalue weighted by atomic mass is 10.1. The molecular weight excluding hydrogens is 302 g/mol. The van der Waals surface area contributed by atoms with Gasteiger partial charge in [-0.05, 0) is 24.4 Å². The Bertz CT molecular complexity index is 1070. The number of aryl methyl sites for hydroxylation is 1.